The number of sulfone groups is 1. The molecule has 130 valence electrons. The van der Waals surface area contributed by atoms with E-state index in [-0.39, 0.29) is 11.7 Å². The fourth-order valence-electron chi connectivity index (χ4n) is 3.26. The number of hydrogen-bond donors (Lipinski definition) is 1. The topological polar surface area (TPSA) is 70.2 Å². The van der Waals surface area contributed by atoms with Crippen LogP contribution in [0.4, 0.5) is 0 Å². The highest BCUT2D eigenvalue weighted by atomic mass is 79.9. The van der Waals surface area contributed by atoms with E-state index in [1.165, 1.54) is 6.92 Å². The van der Waals surface area contributed by atoms with Crippen molar-refractivity contribution in [3.05, 3.63) is 33.9 Å². The number of aromatic amines is 1. The molecule has 1 amide bonds. The van der Waals surface area contributed by atoms with Crippen molar-refractivity contribution in [3.63, 3.8) is 0 Å². The molecule has 1 unspecified atom stereocenters. The molecule has 1 aromatic carbocycles. The Hall–Kier alpha value is -1.34. The lowest BCUT2D eigenvalue weighted by atomic mass is 10.0. The normalized spacial score (nSPS) is 16.2. The van der Waals surface area contributed by atoms with Crippen molar-refractivity contribution in [2.45, 2.75) is 38.5 Å². The van der Waals surface area contributed by atoms with Gasteiger partial charge in [0.1, 0.15) is 5.25 Å². The predicted molar refractivity (Wildman–Crippen MR) is 98.7 cm³/mol. The highest BCUT2D eigenvalue weighted by Gasteiger charge is 2.33. The van der Waals surface area contributed by atoms with E-state index in [2.05, 4.69) is 20.9 Å². The van der Waals surface area contributed by atoms with Gasteiger partial charge in [0.15, 0.2) is 9.84 Å². The summed E-state index contributed by atoms with van der Waals surface area (Å²) in [6.45, 7) is 4.32. The summed E-state index contributed by atoms with van der Waals surface area (Å²) in [5, 5.41) is 0.108. The molecule has 24 heavy (non-hydrogen) atoms. The van der Waals surface area contributed by atoms with Gasteiger partial charge in [0.05, 0.1) is 11.3 Å². The Bertz CT molecular complexity index is 889. The smallest absolute Gasteiger partial charge is 0.240 e. The second-order valence-electron chi connectivity index (χ2n) is 6.26. The highest BCUT2D eigenvalue weighted by molar-refractivity contribution is 9.10. The van der Waals surface area contributed by atoms with Gasteiger partial charge in [-0.25, -0.2) is 8.42 Å². The average molecular weight is 413 g/mol. The molecule has 3 rings (SSSR count). The molecular formula is C17H21BrN2O3S. The van der Waals surface area contributed by atoms with Crippen molar-refractivity contribution in [1.82, 2.24) is 9.88 Å². The third kappa shape index (κ3) is 2.99. The van der Waals surface area contributed by atoms with Crippen LogP contribution in [0.2, 0.25) is 0 Å². The van der Waals surface area contributed by atoms with Gasteiger partial charge < -0.3 is 9.88 Å². The van der Waals surface area contributed by atoms with Crippen LogP contribution in [0.5, 0.6) is 0 Å². The SMILES string of the molecule is CCCS(=O)(=O)C(C)C(=O)N1CCc2[nH]c3c(Br)cccc3c2C1. The van der Waals surface area contributed by atoms with Gasteiger partial charge in [-0.05, 0) is 35.3 Å². The van der Waals surface area contributed by atoms with Gasteiger partial charge in [-0.2, -0.15) is 0 Å². The number of carbonyl (C=O) groups excluding carboxylic acids is 1. The summed E-state index contributed by atoms with van der Waals surface area (Å²) in [5.41, 5.74) is 3.25. The monoisotopic (exact) mass is 412 g/mol. The fourth-order valence-corrected chi connectivity index (χ4v) is 5.11. The number of carbonyl (C=O) groups is 1. The van der Waals surface area contributed by atoms with Crippen LogP contribution in [0.25, 0.3) is 10.9 Å². The molecule has 1 N–H and O–H groups in total. The van der Waals surface area contributed by atoms with E-state index < -0.39 is 15.1 Å². The van der Waals surface area contributed by atoms with Crippen molar-refractivity contribution in [2.75, 3.05) is 12.3 Å². The van der Waals surface area contributed by atoms with Gasteiger partial charge >= 0.3 is 0 Å². The second-order valence-corrected chi connectivity index (χ2v) is 9.56. The summed E-state index contributed by atoms with van der Waals surface area (Å²) in [6, 6.07) is 5.98. The summed E-state index contributed by atoms with van der Waals surface area (Å²) in [7, 11) is -3.38. The number of halogens is 1. The van der Waals surface area contributed by atoms with Crippen LogP contribution in [-0.2, 0) is 27.6 Å². The molecule has 7 heteroatoms. The predicted octanol–water partition coefficient (Wildman–Crippen LogP) is 3.03. The lowest BCUT2D eigenvalue weighted by Crippen LogP contribution is -2.44. The average Bonchev–Trinajstić information content (AvgIpc) is 2.93. The fraction of sp³-hybridized carbons (Fsp3) is 0.471. The van der Waals surface area contributed by atoms with Crippen molar-refractivity contribution in [1.29, 1.82) is 0 Å². The Kier molecular flexibility index (Phi) is 4.75. The zero-order valence-corrected chi connectivity index (χ0v) is 16.2. The summed E-state index contributed by atoms with van der Waals surface area (Å²) >= 11 is 3.54. The quantitative estimate of drug-likeness (QED) is 0.838. The number of rotatable bonds is 4. The first kappa shape index (κ1) is 17.5. The molecule has 0 spiro atoms. The number of nitrogens with one attached hydrogen (secondary N) is 1. The molecule has 0 saturated heterocycles. The maximum Gasteiger partial charge on any atom is 0.240 e. The van der Waals surface area contributed by atoms with Crippen LogP contribution >= 0.6 is 15.9 Å². The summed E-state index contributed by atoms with van der Waals surface area (Å²) in [6.07, 6.45) is 1.24. The van der Waals surface area contributed by atoms with Crippen LogP contribution in [0, 0.1) is 0 Å². The van der Waals surface area contributed by atoms with Crippen LogP contribution in [0.15, 0.2) is 22.7 Å². The molecule has 0 fully saturated rings. The van der Waals surface area contributed by atoms with Crippen molar-refractivity contribution in [2.24, 2.45) is 0 Å². The summed E-state index contributed by atoms with van der Waals surface area (Å²) in [4.78, 5) is 17.8. The van der Waals surface area contributed by atoms with Crippen molar-refractivity contribution < 1.29 is 13.2 Å². The molecule has 1 aliphatic rings. The number of nitrogens with zero attached hydrogens (tertiary/aromatic N) is 1. The zero-order chi connectivity index (χ0) is 17.5. The lowest BCUT2D eigenvalue weighted by Gasteiger charge is -2.29. The molecule has 1 aromatic heterocycles. The number of H-pyrrole nitrogens is 1. The van der Waals surface area contributed by atoms with Crippen LogP contribution in [-0.4, -0.2) is 41.8 Å². The number of amides is 1. The van der Waals surface area contributed by atoms with Gasteiger partial charge in [0.2, 0.25) is 5.91 Å². The molecule has 0 bridgehead atoms. The number of para-hydroxylation sites is 1. The number of benzene rings is 1. The Balaban J connectivity index is 1.88. The number of fused-ring (bicyclic) bond motifs is 3. The van der Waals surface area contributed by atoms with Gasteiger partial charge in [-0.15, -0.1) is 0 Å². The van der Waals surface area contributed by atoms with Crippen LogP contribution in [0.1, 0.15) is 31.5 Å². The highest BCUT2D eigenvalue weighted by Crippen LogP contribution is 2.32. The van der Waals surface area contributed by atoms with Gasteiger partial charge in [-0.1, -0.05) is 19.1 Å². The van der Waals surface area contributed by atoms with Crippen molar-refractivity contribution in [3.8, 4) is 0 Å². The van der Waals surface area contributed by atoms with E-state index in [1.54, 1.807) is 4.90 Å². The van der Waals surface area contributed by atoms with Crippen molar-refractivity contribution >= 4 is 42.6 Å². The summed E-state index contributed by atoms with van der Waals surface area (Å²) < 4.78 is 25.4. The van der Waals surface area contributed by atoms with E-state index in [0.29, 0.717) is 25.9 Å². The molecule has 0 aliphatic carbocycles. The molecule has 2 heterocycles. The molecule has 0 saturated carbocycles. The lowest BCUT2D eigenvalue weighted by molar-refractivity contribution is -0.131. The van der Waals surface area contributed by atoms with E-state index in [4.69, 9.17) is 0 Å². The second kappa shape index (κ2) is 6.52. The Morgan fingerprint density at radius 3 is 2.88 bits per heavy atom. The Labute approximate surface area is 150 Å². The first-order valence-electron chi connectivity index (χ1n) is 8.13. The molecule has 2 aromatic rings. The molecule has 1 aliphatic heterocycles. The minimum absolute atomic E-state index is 0.0546. The van der Waals surface area contributed by atoms with Crippen LogP contribution < -0.4 is 0 Å². The first-order chi connectivity index (χ1) is 11.3. The molecular weight excluding hydrogens is 392 g/mol. The van der Waals surface area contributed by atoms with E-state index in [0.717, 1.165) is 26.6 Å². The van der Waals surface area contributed by atoms with Gasteiger partial charge in [0, 0.05) is 40.6 Å². The molecule has 0 radical (unpaired) electrons. The third-order valence-electron chi connectivity index (χ3n) is 4.65. The largest absolute Gasteiger partial charge is 0.357 e. The van der Waals surface area contributed by atoms with E-state index in [1.807, 2.05) is 25.1 Å². The standard InChI is InChI=1S/C17H21BrN2O3S/c1-3-9-24(22,23)11(2)17(21)20-8-7-15-13(10-20)12-5-4-6-14(18)16(12)19-15/h4-6,11,19H,3,7-10H2,1-2H3. The maximum atomic E-state index is 12.7. The zero-order valence-electron chi connectivity index (χ0n) is 13.8. The summed E-state index contributed by atoms with van der Waals surface area (Å²) in [5.74, 6) is -0.239. The Morgan fingerprint density at radius 2 is 2.17 bits per heavy atom. The van der Waals surface area contributed by atoms with Gasteiger partial charge in [-0.3, -0.25) is 4.79 Å². The minimum Gasteiger partial charge on any atom is -0.357 e. The minimum atomic E-state index is -3.38. The third-order valence-corrected chi connectivity index (χ3v) is 7.56. The number of hydrogen-bond acceptors (Lipinski definition) is 3. The number of aromatic nitrogens is 1. The Morgan fingerprint density at radius 1 is 1.42 bits per heavy atom. The maximum absolute atomic E-state index is 12.7. The van der Waals surface area contributed by atoms with Crippen LogP contribution in [0.3, 0.4) is 0 Å². The molecule has 1 atom stereocenters. The molecule has 5 nitrogen and oxygen atoms in total. The van der Waals surface area contributed by atoms with E-state index >= 15 is 0 Å². The first-order valence-corrected chi connectivity index (χ1v) is 10.6. The van der Waals surface area contributed by atoms with E-state index in [9.17, 15) is 13.2 Å². The van der Waals surface area contributed by atoms with Gasteiger partial charge in [0.25, 0.3) is 0 Å².